The molecule has 1 saturated heterocycles. The van der Waals surface area contributed by atoms with E-state index in [9.17, 15) is 14.7 Å². The lowest BCUT2D eigenvalue weighted by molar-refractivity contribution is -0.140. The first-order valence-electron chi connectivity index (χ1n) is 12.3. The molecule has 0 spiro atoms. The largest absolute Gasteiger partial charge is 0.395 e. The number of rotatable bonds is 5. The second-order valence-corrected chi connectivity index (χ2v) is 9.55. The van der Waals surface area contributed by atoms with Crippen LogP contribution in [0.4, 0.5) is 0 Å². The predicted molar refractivity (Wildman–Crippen MR) is 126 cm³/mol. The van der Waals surface area contributed by atoms with Gasteiger partial charge in [-0.05, 0) is 43.4 Å². The summed E-state index contributed by atoms with van der Waals surface area (Å²) >= 11 is 0. The van der Waals surface area contributed by atoms with Crippen molar-refractivity contribution in [1.29, 1.82) is 0 Å². The fourth-order valence-corrected chi connectivity index (χ4v) is 5.35. The van der Waals surface area contributed by atoms with Crippen LogP contribution in [-0.4, -0.2) is 77.0 Å². The standard InChI is InChI=1S/C26H37N3O3/c1-19-10-11-21(18-20(19)2)23-24(28-14-12-27(13-15-28)16-17-30)26(32)29(25(23)31)22-8-6-4-3-5-7-9-22/h10-11,18,22,30H,3-9,12-17H2,1-2H3. The molecule has 0 bridgehead atoms. The summed E-state index contributed by atoms with van der Waals surface area (Å²) in [6.07, 6.45) is 7.61. The number of benzene rings is 1. The van der Waals surface area contributed by atoms with Crippen molar-refractivity contribution in [2.24, 2.45) is 0 Å². The topological polar surface area (TPSA) is 64.1 Å². The third-order valence-corrected chi connectivity index (χ3v) is 7.43. The van der Waals surface area contributed by atoms with Gasteiger partial charge in [0, 0.05) is 38.8 Å². The van der Waals surface area contributed by atoms with Crippen LogP contribution in [0.1, 0.15) is 61.6 Å². The van der Waals surface area contributed by atoms with Crippen molar-refractivity contribution in [3.63, 3.8) is 0 Å². The molecule has 4 rings (SSSR count). The molecule has 2 aliphatic heterocycles. The van der Waals surface area contributed by atoms with Crippen LogP contribution in [0.5, 0.6) is 0 Å². The third-order valence-electron chi connectivity index (χ3n) is 7.43. The molecule has 0 aromatic heterocycles. The zero-order valence-electron chi connectivity index (χ0n) is 19.6. The highest BCUT2D eigenvalue weighted by atomic mass is 16.3. The molecular formula is C26H37N3O3. The van der Waals surface area contributed by atoms with Crippen molar-refractivity contribution in [1.82, 2.24) is 14.7 Å². The fraction of sp³-hybridized carbons (Fsp3) is 0.615. The number of carbonyl (C=O) groups is 2. The van der Waals surface area contributed by atoms with Crippen molar-refractivity contribution < 1.29 is 14.7 Å². The van der Waals surface area contributed by atoms with Gasteiger partial charge in [0.1, 0.15) is 5.70 Å². The van der Waals surface area contributed by atoms with Gasteiger partial charge in [0.2, 0.25) is 0 Å². The number of β-amino-alcohol motifs (C(OH)–C–C–N with tert-alkyl or cyclic N) is 1. The van der Waals surface area contributed by atoms with Crippen LogP contribution >= 0.6 is 0 Å². The molecule has 6 nitrogen and oxygen atoms in total. The lowest BCUT2D eigenvalue weighted by atomic mass is 9.95. The van der Waals surface area contributed by atoms with E-state index in [1.807, 2.05) is 12.1 Å². The van der Waals surface area contributed by atoms with Gasteiger partial charge in [-0.1, -0.05) is 50.3 Å². The van der Waals surface area contributed by atoms with Gasteiger partial charge in [0.25, 0.3) is 11.8 Å². The number of carbonyl (C=O) groups excluding carboxylic acids is 2. The van der Waals surface area contributed by atoms with E-state index in [1.165, 1.54) is 24.8 Å². The maximum atomic E-state index is 13.8. The first kappa shape index (κ1) is 23.0. The molecule has 0 atom stereocenters. The van der Waals surface area contributed by atoms with E-state index in [2.05, 4.69) is 29.7 Å². The molecule has 3 aliphatic rings. The molecule has 2 heterocycles. The Morgan fingerprint density at radius 1 is 0.875 bits per heavy atom. The van der Waals surface area contributed by atoms with Gasteiger partial charge < -0.3 is 10.0 Å². The Bertz CT molecular complexity index is 878. The first-order chi connectivity index (χ1) is 15.5. The Morgan fingerprint density at radius 2 is 1.53 bits per heavy atom. The third kappa shape index (κ3) is 4.62. The highest BCUT2D eigenvalue weighted by Crippen LogP contribution is 2.36. The fourth-order valence-electron chi connectivity index (χ4n) is 5.35. The maximum Gasteiger partial charge on any atom is 0.278 e. The zero-order chi connectivity index (χ0) is 22.7. The smallest absolute Gasteiger partial charge is 0.278 e. The Balaban J connectivity index is 1.68. The van der Waals surface area contributed by atoms with Crippen molar-refractivity contribution in [3.8, 4) is 0 Å². The number of aryl methyl sites for hydroxylation is 2. The van der Waals surface area contributed by atoms with Gasteiger partial charge in [-0.2, -0.15) is 0 Å². The molecule has 6 heteroatoms. The van der Waals surface area contributed by atoms with Crippen LogP contribution in [0.25, 0.3) is 5.57 Å². The summed E-state index contributed by atoms with van der Waals surface area (Å²) < 4.78 is 0. The van der Waals surface area contributed by atoms with Crippen molar-refractivity contribution in [3.05, 3.63) is 40.6 Å². The molecule has 1 aliphatic carbocycles. The molecule has 1 saturated carbocycles. The van der Waals surface area contributed by atoms with Gasteiger partial charge >= 0.3 is 0 Å². The quantitative estimate of drug-likeness (QED) is 0.715. The van der Waals surface area contributed by atoms with E-state index in [-0.39, 0.29) is 24.5 Å². The number of hydrogen-bond donors (Lipinski definition) is 1. The number of aliphatic hydroxyl groups excluding tert-OH is 1. The van der Waals surface area contributed by atoms with Crippen LogP contribution in [0.15, 0.2) is 23.9 Å². The Kier molecular flexibility index (Phi) is 7.31. The second-order valence-electron chi connectivity index (χ2n) is 9.55. The monoisotopic (exact) mass is 439 g/mol. The molecule has 174 valence electrons. The Hall–Kier alpha value is -2.18. The van der Waals surface area contributed by atoms with Crippen LogP contribution in [-0.2, 0) is 9.59 Å². The number of piperazine rings is 1. The Labute approximate surface area is 191 Å². The predicted octanol–water partition coefficient (Wildman–Crippen LogP) is 3.11. The molecule has 2 amide bonds. The van der Waals surface area contributed by atoms with E-state index >= 15 is 0 Å². The van der Waals surface area contributed by atoms with Crippen LogP contribution in [0.3, 0.4) is 0 Å². The van der Waals surface area contributed by atoms with Gasteiger partial charge in [-0.25, -0.2) is 0 Å². The lowest BCUT2D eigenvalue weighted by Gasteiger charge is -2.36. The second kappa shape index (κ2) is 10.2. The number of amides is 2. The van der Waals surface area contributed by atoms with E-state index < -0.39 is 0 Å². The summed E-state index contributed by atoms with van der Waals surface area (Å²) in [5, 5.41) is 9.26. The van der Waals surface area contributed by atoms with E-state index in [0.717, 1.165) is 49.9 Å². The van der Waals surface area contributed by atoms with E-state index in [4.69, 9.17) is 0 Å². The summed E-state index contributed by atoms with van der Waals surface area (Å²) in [6, 6.07) is 6.10. The Morgan fingerprint density at radius 3 is 2.16 bits per heavy atom. The van der Waals surface area contributed by atoms with Gasteiger partial charge in [-0.15, -0.1) is 0 Å². The highest BCUT2D eigenvalue weighted by Gasteiger charge is 2.45. The van der Waals surface area contributed by atoms with Crippen molar-refractivity contribution in [2.75, 3.05) is 39.3 Å². The first-order valence-corrected chi connectivity index (χ1v) is 12.3. The molecule has 1 aromatic carbocycles. The minimum absolute atomic E-state index is 0.00465. The number of hydrogen-bond acceptors (Lipinski definition) is 5. The van der Waals surface area contributed by atoms with Crippen LogP contribution in [0.2, 0.25) is 0 Å². The van der Waals surface area contributed by atoms with Crippen LogP contribution in [0, 0.1) is 13.8 Å². The summed E-state index contributed by atoms with van der Waals surface area (Å²) in [6.45, 7) is 7.88. The minimum Gasteiger partial charge on any atom is -0.395 e. The number of aliphatic hydroxyl groups is 1. The summed E-state index contributed by atoms with van der Waals surface area (Å²) in [7, 11) is 0. The molecule has 32 heavy (non-hydrogen) atoms. The van der Waals surface area contributed by atoms with Crippen LogP contribution < -0.4 is 0 Å². The summed E-state index contributed by atoms with van der Waals surface area (Å²) in [4.78, 5) is 33.5. The summed E-state index contributed by atoms with van der Waals surface area (Å²) in [5.41, 5.74) is 4.33. The summed E-state index contributed by atoms with van der Waals surface area (Å²) in [5.74, 6) is -0.221. The lowest BCUT2D eigenvalue weighted by Crippen LogP contribution is -2.49. The normalized spacial score (nSPS) is 22.0. The zero-order valence-corrected chi connectivity index (χ0v) is 19.6. The van der Waals surface area contributed by atoms with Crippen molar-refractivity contribution >= 4 is 17.4 Å². The maximum absolute atomic E-state index is 13.8. The minimum atomic E-state index is -0.114. The number of imide groups is 1. The average Bonchev–Trinajstić information content (AvgIpc) is 3.01. The average molecular weight is 440 g/mol. The molecular weight excluding hydrogens is 402 g/mol. The van der Waals surface area contributed by atoms with Crippen molar-refractivity contribution in [2.45, 2.75) is 64.8 Å². The van der Waals surface area contributed by atoms with Gasteiger partial charge in [-0.3, -0.25) is 19.4 Å². The molecule has 0 radical (unpaired) electrons. The van der Waals surface area contributed by atoms with E-state index in [0.29, 0.717) is 30.9 Å². The highest BCUT2D eigenvalue weighted by molar-refractivity contribution is 6.35. The van der Waals surface area contributed by atoms with E-state index in [1.54, 1.807) is 4.90 Å². The van der Waals surface area contributed by atoms with Gasteiger partial charge in [0.05, 0.1) is 12.2 Å². The molecule has 1 N–H and O–H groups in total. The van der Waals surface area contributed by atoms with Gasteiger partial charge in [0.15, 0.2) is 0 Å². The molecule has 1 aromatic rings. The number of nitrogens with zero attached hydrogens (tertiary/aromatic N) is 3. The SMILES string of the molecule is Cc1ccc(C2=C(N3CCN(CCO)CC3)C(=O)N(C3CCCCCCC3)C2=O)cc1C. The molecule has 2 fully saturated rings. The molecule has 0 unspecified atom stereocenters.